The Bertz CT molecular complexity index is 427. The van der Waals surface area contributed by atoms with Gasteiger partial charge in [-0.25, -0.2) is 0 Å². The quantitative estimate of drug-likeness (QED) is 0.683. The van der Waals surface area contributed by atoms with Gasteiger partial charge < -0.3 is 5.11 Å². The van der Waals surface area contributed by atoms with Crippen LogP contribution in [0.1, 0.15) is 30.4 Å². The van der Waals surface area contributed by atoms with Crippen LogP contribution in [0.3, 0.4) is 0 Å². The fourth-order valence-electron chi connectivity index (χ4n) is 1.95. The molecule has 0 aromatic heterocycles. The summed E-state index contributed by atoms with van der Waals surface area (Å²) in [5.41, 5.74) is 4.47. The molecule has 0 bridgehead atoms. The van der Waals surface area contributed by atoms with Crippen LogP contribution >= 0.6 is 0 Å². The molecule has 0 spiro atoms. The smallest absolute Gasteiger partial charge is 0.125 e. The van der Waals surface area contributed by atoms with Crippen LogP contribution in [-0.2, 0) is 0 Å². The second-order valence-corrected chi connectivity index (χ2v) is 4.15. The van der Waals surface area contributed by atoms with Crippen molar-refractivity contribution in [3.63, 3.8) is 0 Å². The molecule has 0 unspecified atom stereocenters. The summed E-state index contributed by atoms with van der Waals surface area (Å²) in [6, 6.07) is 5.91. The van der Waals surface area contributed by atoms with Crippen molar-refractivity contribution < 1.29 is 5.11 Å². The van der Waals surface area contributed by atoms with Crippen LogP contribution < -0.4 is 0 Å². The van der Waals surface area contributed by atoms with Gasteiger partial charge in [-0.3, -0.25) is 0 Å². The lowest BCUT2D eigenvalue weighted by atomic mass is 9.90. The molecule has 1 aliphatic rings. The number of aryl methyl sites for hydroxylation is 1. The van der Waals surface area contributed by atoms with Gasteiger partial charge in [-0.1, -0.05) is 36.4 Å². The SMILES string of the molecule is C=C1CC=C(c2cccc(C)c2O)CC1. The predicted molar refractivity (Wildman–Crippen MR) is 63.8 cm³/mol. The number of aromatic hydroxyl groups is 1. The highest BCUT2D eigenvalue weighted by atomic mass is 16.3. The minimum Gasteiger partial charge on any atom is -0.507 e. The average Bonchev–Trinajstić information content (AvgIpc) is 2.24. The van der Waals surface area contributed by atoms with E-state index in [-0.39, 0.29) is 0 Å². The van der Waals surface area contributed by atoms with Gasteiger partial charge in [0.25, 0.3) is 0 Å². The summed E-state index contributed by atoms with van der Waals surface area (Å²) in [5.74, 6) is 0.427. The molecule has 1 aliphatic carbocycles. The molecule has 15 heavy (non-hydrogen) atoms. The topological polar surface area (TPSA) is 20.2 Å². The molecule has 78 valence electrons. The van der Waals surface area contributed by atoms with Crippen molar-refractivity contribution in [1.82, 2.24) is 0 Å². The number of para-hydroxylation sites is 1. The van der Waals surface area contributed by atoms with Gasteiger partial charge in [0.1, 0.15) is 5.75 Å². The van der Waals surface area contributed by atoms with E-state index in [0.29, 0.717) is 5.75 Å². The lowest BCUT2D eigenvalue weighted by Crippen LogP contribution is -1.95. The van der Waals surface area contributed by atoms with Crippen molar-refractivity contribution >= 4 is 5.57 Å². The first-order valence-electron chi connectivity index (χ1n) is 5.33. The Morgan fingerprint density at radius 3 is 2.73 bits per heavy atom. The zero-order chi connectivity index (χ0) is 10.8. The summed E-state index contributed by atoms with van der Waals surface area (Å²) < 4.78 is 0. The average molecular weight is 200 g/mol. The van der Waals surface area contributed by atoms with E-state index in [0.717, 1.165) is 30.4 Å². The number of allylic oxidation sites excluding steroid dienone is 3. The van der Waals surface area contributed by atoms with Gasteiger partial charge in [0, 0.05) is 5.56 Å². The highest BCUT2D eigenvalue weighted by Crippen LogP contribution is 2.34. The Morgan fingerprint density at radius 1 is 1.27 bits per heavy atom. The van der Waals surface area contributed by atoms with Gasteiger partial charge in [0.05, 0.1) is 0 Å². The van der Waals surface area contributed by atoms with Gasteiger partial charge in [0.15, 0.2) is 0 Å². The Kier molecular flexibility index (Phi) is 2.63. The number of phenolic OH excluding ortho intramolecular Hbond substituents is 1. The van der Waals surface area contributed by atoms with Crippen molar-refractivity contribution in [1.29, 1.82) is 0 Å². The maximum absolute atomic E-state index is 9.95. The predicted octanol–water partition coefficient (Wildman–Crippen LogP) is 3.82. The van der Waals surface area contributed by atoms with E-state index in [2.05, 4.69) is 12.7 Å². The van der Waals surface area contributed by atoms with Crippen LogP contribution in [0.5, 0.6) is 5.75 Å². The van der Waals surface area contributed by atoms with Crippen LogP contribution in [0.25, 0.3) is 5.57 Å². The first kappa shape index (κ1) is 10.0. The summed E-state index contributed by atoms with van der Waals surface area (Å²) in [6.45, 7) is 5.91. The maximum Gasteiger partial charge on any atom is 0.125 e. The number of hydrogen-bond donors (Lipinski definition) is 1. The van der Waals surface area contributed by atoms with Gasteiger partial charge in [0.2, 0.25) is 0 Å². The van der Waals surface area contributed by atoms with Gasteiger partial charge in [-0.15, -0.1) is 0 Å². The second-order valence-electron chi connectivity index (χ2n) is 4.15. The van der Waals surface area contributed by atoms with E-state index in [9.17, 15) is 5.11 Å². The zero-order valence-corrected chi connectivity index (χ0v) is 9.09. The zero-order valence-electron chi connectivity index (χ0n) is 9.09. The van der Waals surface area contributed by atoms with E-state index in [1.54, 1.807) is 0 Å². The molecule has 0 radical (unpaired) electrons. The third-order valence-corrected chi connectivity index (χ3v) is 2.97. The van der Waals surface area contributed by atoms with Crippen molar-refractivity contribution in [3.05, 3.63) is 47.6 Å². The van der Waals surface area contributed by atoms with Crippen LogP contribution in [-0.4, -0.2) is 5.11 Å². The molecule has 0 saturated carbocycles. The Labute approximate surface area is 90.8 Å². The third-order valence-electron chi connectivity index (χ3n) is 2.97. The molecule has 2 rings (SSSR count). The van der Waals surface area contributed by atoms with E-state index >= 15 is 0 Å². The molecule has 1 heteroatoms. The Morgan fingerprint density at radius 2 is 2.07 bits per heavy atom. The molecular formula is C14H16O. The van der Waals surface area contributed by atoms with Gasteiger partial charge >= 0.3 is 0 Å². The molecule has 0 atom stereocenters. The molecule has 0 aliphatic heterocycles. The van der Waals surface area contributed by atoms with Crippen molar-refractivity contribution in [2.45, 2.75) is 26.2 Å². The lowest BCUT2D eigenvalue weighted by molar-refractivity contribution is 0.469. The highest BCUT2D eigenvalue weighted by Gasteiger charge is 2.12. The number of rotatable bonds is 1. The first-order valence-corrected chi connectivity index (χ1v) is 5.33. The fourth-order valence-corrected chi connectivity index (χ4v) is 1.95. The van der Waals surface area contributed by atoms with Gasteiger partial charge in [-0.05, 0) is 37.3 Å². The van der Waals surface area contributed by atoms with Crippen LogP contribution in [0, 0.1) is 6.92 Å². The molecular weight excluding hydrogens is 184 g/mol. The second kappa shape index (κ2) is 3.93. The van der Waals surface area contributed by atoms with E-state index < -0.39 is 0 Å². The lowest BCUT2D eigenvalue weighted by Gasteiger charge is -2.16. The number of phenols is 1. The third kappa shape index (κ3) is 1.96. The minimum atomic E-state index is 0.427. The standard InChI is InChI=1S/C14H16O/c1-10-6-8-12(9-7-10)13-5-3-4-11(2)14(13)15/h3-5,8,15H,1,6-7,9H2,2H3. The number of hydrogen-bond acceptors (Lipinski definition) is 1. The molecule has 0 heterocycles. The maximum atomic E-state index is 9.95. The Hall–Kier alpha value is -1.50. The molecule has 1 aromatic carbocycles. The van der Waals surface area contributed by atoms with Crippen molar-refractivity contribution in [2.24, 2.45) is 0 Å². The van der Waals surface area contributed by atoms with E-state index in [4.69, 9.17) is 0 Å². The largest absolute Gasteiger partial charge is 0.507 e. The molecule has 1 aromatic rings. The number of benzene rings is 1. The molecule has 0 saturated heterocycles. The summed E-state index contributed by atoms with van der Waals surface area (Å²) >= 11 is 0. The van der Waals surface area contributed by atoms with E-state index in [1.807, 2.05) is 25.1 Å². The minimum absolute atomic E-state index is 0.427. The summed E-state index contributed by atoms with van der Waals surface area (Å²) in [4.78, 5) is 0. The van der Waals surface area contributed by atoms with Crippen LogP contribution in [0.4, 0.5) is 0 Å². The Balaban J connectivity index is 2.38. The summed E-state index contributed by atoms with van der Waals surface area (Å²) in [6.07, 6.45) is 5.16. The normalized spacial score (nSPS) is 16.3. The van der Waals surface area contributed by atoms with Crippen LogP contribution in [0.2, 0.25) is 0 Å². The summed E-state index contributed by atoms with van der Waals surface area (Å²) in [7, 11) is 0. The molecule has 0 fully saturated rings. The van der Waals surface area contributed by atoms with Crippen molar-refractivity contribution in [2.75, 3.05) is 0 Å². The van der Waals surface area contributed by atoms with Crippen LogP contribution in [0.15, 0.2) is 36.4 Å². The van der Waals surface area contributed by atoms with Gasteiger partial charge in [-0.2, -0.15) is 0 Å². The highest BCUT2D eigenvalue weighted by molar-refractivity contribution is 5.72. The molecule has 1 nitrogen and oxygen atoms in total. The van der Waals surface area contributed by atoms with E-state index in [1.165, 1.54) is 11.1 Å². The first-order chi connectivity index (χ1) is 7.18. The molecule has 1 N–H and O–H groups in total. The van der Waals surface area contributed by atoms with Crippen molar-refractivity contribution in [3.8, 4) is 5.75 Å². The fraction of sp³-hybridized carbons (Fsp3) is 0.286. The molecule has 0 amide bonds. The monoisotopic (exact) mass is 200 g/mol. The summed E-state index contributed by atoms with van der Waals surface area (Å²) in [5, 5.41) is 9.95.